The number of para-hydroxylation sites is 1. The van der Waals surface area contributed by atoms with Crippen molar-refractivity contribution in [1.82, 2.24) is 4.90 Å². The molecule has 2 aromatic carbocycles. The number of rotatable bonds is 7. The third kappa shape index (κ3) is 4.56. The minimum Gasteiger partial charge on any atom is -0.496 e. The van der Waals surface area contributed by atoms with Crippen molar-refractivity contribution < 1.29 is 18.7 Å². The highest BCUT2D eigenvalue weighted by atomic mass is 16.5. The first-order valence-electron chi connectivity index (χ1n) is 10.0. The second-order valence-corrected chi connectivity index (χ2v) is 7.40. The van der Waals surface area contributed by atoms with Crippen LogP contribution in [0.1, 0.15) is 33.0 Å². The molecule has 2 heterocycles. The lowest BCUT2D eigenvalue weighted by Gasteiger charge is -2.28. The van der Waals surface area contributed by atoms with Gasteiger partial charge < -0.3 is 19.2 Å². The maximum absolute atomic E-state index is 12.7. The Morgan fingerprint density at radius 2 is 1.90 bits per heavy atom. The van der Waals surface area contributed by atoms with Crippen LogP contribution < -0.4 is 10.1 Å². The van der Waals surface area contributed by atoms with Crippen LogP contribution in [0.5, 0.6) is 5.75 Å². The summed E-state index contributed by atoms with van der Waals surface area (Å²) < 4.78 is 16.2. The van der Waals surface area contributed by atoms with E-state index in [1.54, 1.807) is 26.4 Å². The number of carbonyl (C=O) groups excluding carboxylic acids is 1. The topological polar surface area (TPSA) is 63.9 Å². The molecular formula is C24H26N2O4. The van der Waals surface area contributed by atoms with Gasteiger partial charge in [0, 0.05) is 25.9 Å². The van der Waals surface area contributed by atoms with Crippen LogP contribution in [-0.2, 0) is 30.9 Å². The van der Waals surface area contributed by atoms with E-state index >= 15 is 0 Å². The lowest BCUT2D eigenvalue weighted by molar-refractivity contribution is 0.102. The fraction of sp³-hybridized carbons (Fsp3) is 0.292. The van der Waals surface area contributed by atoms with Gasteiger partial charge in [-0.3, -0.25) is 9.69 Å². The zero-order valence-corrected chi connectivity index (χ0v) is 17.3. The molecule has 1 aromatic heterocycles. The average molecular weight is 406 g/mol. The monoisotopic (exact) mass is 406 g/mol. The Morgan fingerprint density at radius 1 is 1.07 bits per heavy atom. The predicted octanol–water partition coefficient (Wildman–Crippen LogP) is 4.25. The van der Waals surface area contributed by atoms with Crippen LogP contribution in [0.2, 0.25) is 0 Å². The molecule has 0 spiro atoms. The second-order valence-electron chi connectivity index (χ2n) is 7.40. The third-order valence-corrected chi connectivity index (χ3v) is 5.29. The van der Waals surface area contributed by atoms with E-state index in [2.05, 4.69) is 22.3 Å². The van der Waals surface area contributed by atoms with Gasteiger partial charge in [0.2, 0.25) is 0 Å². The number of nitrogens with one attached hydrogen (secondary N) is 1. The highest BCUT2D eigenvalue weighted by molar-refractivity contribution is 6.06. The van der Waals surface area contributed by atoms with E-state index in [4.69, 9.17) is 13.9 Å². The molecule has 1 N–H and O–H groups in total. The number of amides is 1. The van der Waals surface area contributed by atoms with Gasteiger partial charge in [-0.05, 0) is 53.9 Å². The van der Waals surface area contributed by atoms with E-state index in [1.165, 1.54) is 11.1 Å². The van der Waals surface area contributed by atoms with Crippen LogP contribution in [0.15, 0.2) is 59.0 Å². The minimum atomic E-state index is -0.179. The molecule has 6 nitrogen and oxygen atoms in total. The number of furan rings is 1. The fourth-order valence-electron chi connectivity index (χ4n) is 3.81. The first kappa shape index (κ1) is 20.2. The second kappa shape index (κ2) is 9.15. The predicted molar refractivity (Wildman–Crippen MR) is 115 cm³/mol. The van der Waals surface area contributed by atoms with Gasteiger partial charge in [0.25, 0.3) is 5.91 Å². The summed E-state index contributed by atoms with van der Waals surface area (Å²) in [6, 6.07) is 17.3. The Hall–Kier alpha value is -3.09. The Kier molecular flexibility index (Phi) is 6.16. The van der Waals surface area contributed by atoms with Gasteiger partial charge in [0.15, 0.2) is 0 Å². The molecule has 0 fully saturated rings. The highest BCUT2D eigenvalue weighted by Gasteiger charge is 2.19. The Bertz CT molecular complexity index is 1030. The van der Waals surface area contributed by atoms with Gasteiger partial charge in [0.05, 0.1) is 19.2 Å². The van der Waals surface area contributed by atoms with Crippen LogP contribution in [0.4, 0.5) is 5.69 Å². The fourth-order valence-corrected chi connectivity index (χ4v) is 3.81. The standard InChI is InChI=1S/C24H26N2O4/c1-28-16-21-10-9-20(30-21)15-26-12-11-17-7-8-19(13-18(17)14-26)25-24(27)22-5-3-4-6-23(22)29-2/h3-10,13H,11-12,14-16H2,1-2H3,(H,25,27). The summed E-state index contributed by atoms with van der Waals surface area (Å²) in [5.41, 5.74) is 3.85. The molecule has 1 aliphatic rings. The van der Waals surface area contributed by atoms with Crippen molar-refractivity contribution in [3.8, 4) is 5.75 Å². The van der Waals surface area contributed by atoms with E-state index in [-0.39, 0.29) is 5.91 Å². The van der Waals surface area contributed by atoms with Crippen molar-refractivity contribution in [2.24, 2.45) is 0 Å². The first-order valence-corrected chi connectivity index (χ1v) is 10.0. The van der Waals surface area contributed by atoms with E-state index in [0.717, 1.165) is 43.3 Å². The molecule has 0 radical (unpaired) electrons. The minimum absolute atomic E-state index is 0.179. The van der Waals surface area contributed by atoms with Crippen LogP contribution in [0.3, 0.4) is 0 Å². The summed E-state index contributed by atoms with van der Waals surface area (Å²) >= 11 is 0. The summed E-state index contributed by atoms with van der Waals surface area (Å²) in [7, 11) is 3.23. The lowest BCUT2D eigenvalue weighted by Crippen LogP contribution is -2.30. The van der Waals surface area contributed by atoms with Gasteiger partial charge in [0.1, 0.15) is 23.9 Å². The smallest absolute Gasteiger partial charge is 0.259 e. The summed E-state index contributed by atoms with van der Waals surface area (Å²) in [5.74, 6) is 2.16. The van der Waals surface area contributed by atoms with E-state index in [1.807, 2.05) is 30.3 Å². The van der Waals surface area contributed by atoms with E-state index in [0.29, 0.717) is 17.9 Å². The normalized spacial score (nSPS) is 13.7. The number of fused-ring (bicyclic) bond motifs is 1. The third-order valence-electron chi connectivity index (χ3n) is 5.29. The van der Waals surface area contributed by atoms with E-state index < -0.39 is 0 Å². The number of hydrogen-bond donors (Lipinski definition) is 1. The molecule has 6 heteroatoms. The van der Waals surface area contributed by atoms with Crippen molar-refractivity contribution in [1.29, 1.82) is 0 Å². The van der Waals surface area contributed by atoms with Crippen molar-refractivity contribution in [2.75, 3.05) is 26.1 Å². The molecular weight excluding hydrogens is 380 g/mol. The Balaban J connectivity index is 1.44. The number of hydrogen-bond acceptors (Lipinski definition) is 5. The molecule has 0 aliphatic carbocycles. The maximum atomic E-state index is 12.7. The lowest BCUT2D eigenvalue weighted by atomic mass is 9.99. The molecule has 30 heavy (non-hydrogen) atoms. The molecule has 0 bridgehead atoms. The van der Waals surface area contributed by atoms with Gasteiger partial charge in [-0.2, -0.15) is 0 Å². The molecule has 1 aliphatic heterocycles. The largest absolute Gasteiger partial charge is 0.496 e. The molecule has 1 amide bonds. The molecule has 0 atom stereocenters. The van der Waals surface area contributed by atoms with Crippen LogP contribution >= 0.6 is 0 Å². The van der Waals surface area contributed by atoms with Gasteiger partial charge in [-0.25, -0.2) is 0 Å². The number of carbonyl (C=O) groups is 1. The molecule has 0 saturated carbocycles. The highest BCUT2D eigenvalue weighted by Crippen LogP contribution is 2.25. The van der Waals surface area contributed by atoms with Gasteiger partial charge in [-0.1, -0.05) is 18.2 Å². The number of benzene rings is 2. The quantitative estimate of drug-likeness (QED) is 0.636. The number of ether oxygens (including phenoxy) is 2. The maximum Gasteiger partial charge on any atom is 0.259 e. The molecule has 4 rings (SSSR count). The van der Waals surface area contributed by atoms with Crippen LogP contribution in [0.25, 0.3) is 0 Å². The van der Waals surface area contributed by atoms with Gasteiger partial charge in [-0.15, -0.1) is 0 Å². The van der Waals surface area contributed by atoms with Crippen molar-refractivity contribution >= 4 is 11.6 Å². The number of methoxy groups -OCH3 is 2. The number of anilines is 1. The Morgan fingerprint density at radius 3 is 2.73 bits per heavy atom. The van der Waals surface area contributed by atoms with Gasteiger partial charge >= 0.3 is 0 Å². The molecule has 0 saturated heterocycles. The van der Waals surface area contributed by atoms with Crippen LogP contribution in [0, 0.1) is 0 Å². The average Bonchev–Trinajstić information content (AvgIpc) is 3.20. The van der Waals surface area contributed by atoms with Crippen molar-refractivity contribution in [3.05, 3.63) is 82.8 Å². The van der Waals surface area contributed by atoms with Crippen molar-refractivity contribution in [3.63, 3.8) is 0 Å². The zero-order chi connectivity index (χ0) is 20.9. The van der Waals surface area contributed by atoms with Crippen LogP contribution in [-0.4, -0.2) is 31.6 Å². The molecule has 156 valence electrons. The van der Waals surface area contributed by atoms with E-state index in [9.17, 15) is 4.79 Å². The zero-order valence-electron chi connectivity index (χ0n) is 17.3. The molecule has 0 unspecified atom stereocenters. The molecule has 3 aromatic rings. The number of nitrogens with zero attached hydrogens (tertiary/aromatic N) is 1. The SMILES string of the molecule is COCc1ccc(CN2CCc3ccc(NC(=O)c4ccccc4OC)cc3C2)o1. The summed E-state index contributed by atoms with van der Waals surface area (Å²) in [5, 5.41) is 3.00. The van der Waals surface area contributed by atoms with Crippen molar-refractivity contribution in [2.45, 2.75) is 26.1 Å². The first-order chi connectivity index (χ1) is 14.7. The summed E-state index contributed by atoms with van der Waals surface area (Å²) in [6.07, 6.45) is 0.974. The summed E-state index contributed by atoms with van der Waals surface area (Å²) in [6.45, 7) is 3.02. The Labute approximate surface area is 176 Å². The summed E-state index contributed by atoms with van der Waals surface area (Å²) in [4.78, 5) is 15.0.